The lowest BCUT2D eigenvalue weighted by Crippen LogP contribution is -2.38. The fourth-order valence-electron chi connectivity index (χ4n) is 5.13. The van der Waals surface area contributed by atoms with Gasteiger partial charge in [-0.25, -0.2) is 0 Å². The van der Waals surface area contributed by atoms with E-state index >= 15 is 0 Å². The fraction of sp³-hybridized carbons (Fsp3) is 0.214. The molecule has 3 aromatic carbocycles. The molecule has 0 fully saturated rings. The van der Waals surface area contributed by atoms with E-state index in [0.29, 0.717) is 34.0 Å². The number of carbonyl (C=O) groups excluding carboxylic acids is 2. The minimum absolute atomic E-state index is 0.0626. The van der Waals surface area contributed by atoms with Crippen molar-refractivity contribution in [2.24, 2.45) is 0 Å². The number of ketones is 1. The van der Waals surface area contributed by atoms with Crippen molar-refractivity contribution >= 4 is 40.4 Å². The number of rotatable bonds is 4. The van der Waals surface area contributed by atoms with E-state index < -0.39 is 11.0 Å². The summed E-state index contributed by atoms with van der Waals surface area (Å²) in [5.74, 6) is -0.337. The van der Waals surface area contributed by atoms with Crippen molar-refractivity contribution in [3.63, 3.8) is 0 Å². The van der Waals surface area contributed by atoms with Crippen molar-refractivity contribution in [3.8, 4) is 0 Å². The van der Waals surface area contributed by atoms with Crippen molar-refractivity contribution in [1.82, 2.24) is 0 Å². The van der Waals surface area contributed by atoms with E-state index in [1.807, 2.05) is 48.5 Å². The first-order chi connectivity index (χ1) is 17.4. The summed E-state index contributed by atoms with van der Waals surface area (Å²) in [5.41, 5.74) is 3.98. The van der Waals surface area contributed by atoms with Crippen LogP contribution >= 0.6 is 11.6 Å². The second-order valence-corrected chi connectivity index (χ2v) is 9.42. The number of amides is 1. The van der Waals surface area contributed by atoms with Crippen LogP contribution in [0, 0.1) is 10.1 Å². The van der Waals surface area contributed by atoms with Gasteiger partial charge in [0.1, 0.15) is 0 Å². The average molecular weight is 502 g/mol. The van der Waals surface area contributed by atoms with Gasteiger partial charge in [-0.3, -0.25) is 24.6 Å². The van der Waals surface area contributed by atoms with Gasteiger partial charge in [0, 0.05) is 41.3 Å². The zero-order valence-electron chi connectivity index (χ0n) is 19.6. The summed E-state index contributed by atoms with van der Waals surface area (Å²) in [4.78, 5) is 40.0. The Hall–Kier alpha value is -3.97. The van der Waals surface area contributed by atoms with Gasteiger partial charge in [0.25, 0.3) is 5.69 Å². The van der Waals surface area contributed by atoms with Crippen molar-refractivity contribution in [2.45, 2.75) is 38.1 Å². The molecule has 2 atom stereocenters. The van der Waals surface area contributed by atoms with Crippen LogP contribution < -0.4 is 10.2 Å². The first-order valence-corrected chi connectivity index (χ1v) is 12.2. The van der Waals surface area contributed by atoms with Gasteiger partial charge in [0.2, 0.25) is 5.91 Å². The van der Waals surface area contributed by atoms with Crippen LogP contribution in [-0.4, -0.2) is 16.6 Å². The molecular weight excluding hydrogens is 478 g/mol. The molecule has 2 unspecified atom stereocenters. The third-order valence-electron chi connectivity index (χ3n) is 6.80. The molecule has 0 aromatic heterocycles. The van der Waals surface area contributed by atoms with Crippen LogP contribution in [0.25, 0.3) is 0 Å². The van der Waals surface area contributed by atoms with Crippen molar-refractivity contribution in [3.05, 3.63) is 110 Å². The van der Waals surface area contributed by atoms with Gasteiger partial charge in [-0.05, 0) is 47.7 Å². The highest BCUT2D eigenvalue weighted by Gasteiger charge is 2.41. The standard InChI is InChI=1S/C28H24ClN3O4/c1-2-26(34)31-24-9-4-3-8-22(24)30-23-15-19(17-10-12-20(29)13-11-17)16-25(33)27(23)28(31)18-6-5-7-21(14-18)32(35)36/h3-14,19,28,30H,2,15-16H2,1H3. The normalized spacial score (nSPS) is 19.2. The number of non-ortho nitro benzene ring substituents is 1. The van der Waals surface area contributed by atoms with Gasteiger partial charge in [-0.2, -0.15) is 0 Å². The number of fused-ring (bicyclic) bond motifs is 1. The number of para-hydroxylation sites is 2. The number of nitrogens with one attached hydrogen (secondary N) is 1. The number of nitrogens with zero attached hydrogens (tertiary/aromatic N) is 2. The molecule has 1 amide bonds. The van der Waals surface area contributed by atoms with E-state index in [1.165, 1.54) is 12.1 Å². The highest BCUT2D eigenvalue weighted by Crippen LogP contribution is 2.47. The molecule has 1 aliphatic heterocycles. The minimum atomic E-state index is -0.790. The molecule has 0 saturated carbocycles. The maximum Gasteiger partial charge on any atom is 0.269 e. The summed E-state index contributed by atoms with van der Waals surface area (Å²) in [5, 5.41) is 15.6. The molecule has 36 heavy (non-hydrogen) atoms. The molecule has 182 valence electrons. The van der Waals surface area contributed by atoms with Crippen molar-refractivity contribution < 1.29 is 14.5 Å². The SMILES string of the molecule is CCC(=O)N1c2ccccc2NC2=C(C(=O)CC(c3ccc(Cl)cc3)C2)C1c1cccc([N+](=O)[O-])c1. The Morgan fingerprint density at radius 2 is 1.81 bits per heavy atom. The molecule has 0 bridgehead atoms. The molecule has 0 radical (unpaired) electrons. The predicted molar refractivity (Wildman–Crippen MR) is 139 cm³/mol. The van der Waals surface area contributed by atoms with Crippen LogP contribution in [0.5, 0.6) is 0 Å². The van der Waals surface area contributed by atoms with E-state index in [9.17, 15) is 19.7 Å². The summed E-state index contributed by atoms with van der Waals surface area (Å²) >= 11 is 6.08. The molecule has 1 aliphatic carbocycles. The Labute approximate surface area is 213 Å². The predicted octanol–water partition coefficient (Wildman–Crippen LogP) is 6.56. The summed E-state index contributed by atoms with van der Waals surface area (Å²) in [6.07, 6.45) is 1.03. The van der Waals surface area contributed by atoms with Crippen LogP contribution in [0.4, 0.5) is 17.1 Å². The molecule has 5 rings (SSSR count). The van der Waals surface area contributed by atoms with Crippen LogP contribution in [0.3, 0.4) is 0 Å². The second kappa shape index (κ2) is 9.59. The van der Waals surface area contributed by atoms with Gasteiger partial charge in [0.15, 0.2) is 5.78 Å². The van der Waals surface area contributed by atoms with Gasteiger partial charge >= 0.3 is 0 Å². The van der Waals surface area contributed by atoms with Gasteiger partial charge in [0.05, 0.1) is 22.3 Å². The Balaban J connectivity index is 1.72. The maximum absolute atomic E-state index is 13.8. The number of nitro benzene ring substituents is 1. The summed E-state index contributed by atoms with van der Waals surface area (Å²) in [6.45, 7) is 1.77. The number of benzene rings is 3. The quantitative estimate of drug-likeness (QED) is 0.323. The van der Waals surface area contributed by atoms with Crippen molar-refractivity contribution in [2.75, 3.05) is 10.2 Å². The minimum Gasteiger partial charge on any atom is -0.357 e. The lowest BCUT2D eigenvalue weighted by molar-refractivity contribution is -0.384. The van der Waals surface area contributed by atoms with E-state index in [2.05, 4.69) is 5.32 Å². The Morgan fingerprint density at radius 1 is 1.06 bits per heavy atom. The third kappa shape index (κ3) is 4.27. The maximum atomic E-state index is 13.8. The summed E-state index contributed by atoms with van der Waals surface area (Å²) in [7, 11) is 0. The first kappa shape index (κ1) is 23.8. The lowest BCUT2D eigenvalue weighted by Gasteiger charge is -2.35. The topological polar surface area (TPSA) is 92.6 Å². The first-order valence-electron chi connectivity index (χ1n) is 11.8. The molecule has 2 aliphatic rings. The number of allylic oxidation sites excluding steroid dienone is 1. The molecule has 7 nitrogen and oxygen atoms in total. The van der Waals surface area contributed by atoms with E-state index in [-0.39, 0.29) is 36.1 Å². The van der Waals surface area contributed by atoms with Gasteiger partial charge < -0.3 is 5.32 Å². The summed E-state index contributed by atoms with van der Waals surface area (Å²) < 4.78 is 0. The summed E-state index contributed by atoms with van der Waals surface area (Å²) in [6, 6.07) is 20.3. The second-order valence-electron chi connectivity index (χ2n) is 8.99. The zero-order valence-corrected chi connectivity index (χ0v) is 20.4. The number of Topliss-reactive ketones (excluding diaryl/α,β-unsaturated/α-hetero) is 1. The molecule has 1 N–H and O–H groups in total. The number of halogens is 1. The highest BCUT2D eigenvalue weighted by molar-refractivity contribution is 6.30. The molecule has 0 saturated heterocycles. The highest BCUT2D eigenvalue weighted by atomic mass is 35.5. The number of carbonyl (C=O) groups is 2. The van der Waals surface area contributed by atoms with Crippen LogP contribution in [-0.2, 0) is 9.59 Å². The fourth-order valence-corrected chi connectivity index (χ4v) is 5.26. The number of nitro groups is 1. The van der Waals surface area contributed by atoms with E-state index in [4.69, 9.17) is 11.6 Å². The molecule has 0 spiro atoms. The molecule has 1 heterocycles. The Kier molecular flexibility index (Phi) is 6.33. The van der Waals surface area contributed by atoms with Crippen molar-refractivity contribution in [1.29, 1.82) is 0 Å². The monoisotopic (exact) mass is 501 g/mol. The van der Waals surface area contributed by atoms with Crippen LogP contribution in [0.15, 0.2) is 84.1 Å². The number of hydrogen-bond donors (Lipinski definition) is 1. The van der Waals surface area contributed by atoms with Crippen LogP contribution in [0.2, 0.25) is 5.02 Å². The van der Waals surface area contributed by atoms with Gasteiger partial charge in [-0.1, -0.05) is 54.9 Å². The van der Waals surface area contributed by atoms with E-state index in [0.717, 1.165) is 11.3 Å². The Bertz CT molecular complexity index is 1400. The average Bonchev–Trinajstić information content (AvgIpc) is 3.03. The molecular formula is C28H24ClN3O4. The number of hydrogen-bond acceptors (Lipinski definition) is 5. The van der Waals surface area contributed by atoms with Gasteiger partial charge in [-0.15, -0.1) is 0 Å². The zero-order chi connectivity index (χ0) is 25.4. The largest absolute Gasteiger partial charge is 0.357 e. The Morgan fingerprint density at radius 3 is 2.53 bits per heavy atom. The van der Waals surface area contributed by atoms with Crippen LogP contribution in [0.1, 0.15) is 49.3 Å². The van der Waals surface area contributed by atoms with E-state index in [1.54, 1.807) is 24.0 Å². The number of anilines is 2. The molecule has 8 heteroatoms. The molecule has 3 aromatic rings. The smallest absolute Gasteiger partial charge is 0.269 e. The lowest BCUT2D eigenvalue weighted by atomic mass is 9.78. The third-order valence-corrected chi connectivity index (χ3v) is 7.05.